The number of aryl methyl sites for hydroxylation is 1. The first kappa shape index (κ1) is 12.5. The number of carbonyl (C=O) groups excluding carboxylic acids is 1. The van der Waals surface area contributed by atoms with Crippen LogP contribution in [0.15, 0.2) is 30.3 Å². The molecule has 0 saturated heterocycles. The Morgan fingerprint density at radius 2 is 2.17 bits per heavy atom. The molecule has 1 aromatic heterocycles. The minimum absolute atomic E-state index is 0.171. The van der Waals surface area contributed by atoms with E-state index in [2.05, 4.69) is 9.72 Å². The van der Waals surface area contributed by atoms with Crippen molar-refractivity contribution < 1.29 is 9.53 Å². The van der Waals surface area contributed by atoms with E-state index in [0.29, 0.717) is 0 Å². The zero-order chi connectivity index (χ0) is 13.1. The predicted octanol–water partition coefficient (Wildman–Crippen LogP) is 2.11. The number of methoxy groups -OCH3 is 1. The Kier molecular flexibility index (Phi) is 3.58. The largest absolute Gasteiger partial charge is 0.469 e. The van der Waals surface area contributed by atoms with Crippen molar-refractivity contribution in [3.63, 3.8) is 0 Å². The highest BCUT2D eigenvalue weighted by Crippen LogP contribution is 2.24. The van der Waals surface area contributed by atoms with Crippen molar-refractivity contribution in [1.82, 2.24) is 4.98 Å². The minimum atomic E-state index is -0.371. The van der Waals surface area contributed by atoms with Gasteiger partial charge < -0.3 is 10.5 Å². The first-order valence-electron chi connectivity index (χ1n) is 5.80. The van der Waals surface area contributed by atoms with Gasteiger partial charge in [0.15, 0.2) is 0 Å². The number of nitrogens with zero attached hydrogens (tertiary/aromatic N) is 1. The lowest BCUT2D eigenvalue weighted by Gasteiger charge is -2.14. The maximum Gasteiger partial charge on any atom is 0.307 e. The van der Waals surface area contributed by atoms with E-state index in [0.717, 1.165) is 22.2 Å². The summed E-state index contributed by atoms with van der Waals surface area (Å²) in [7, 11) is 1.37. The van der Waals surface area contributed by atoms with Crippen LogP contribution in [0.5, 0.6) is 0 Å². The smallest absolute Gasteiger partial charge is 0.307 e. The van der Waals surface area contributed by atoms with Crippen LogP contribution < -0.4 is 5.73 Å². The number of pyridine rings is 1. The van der Waals surface area contributed by atoms with Gasteiger partial charge in [-0.05, 0) is 24.6 Å². The molecule has 0 bridgehead atoms. The molecule has 0 spiro atoms. The predicted molar refractivity (Wildman–Crippen MR) is 70.0 cm³/mol. The number of rotatable bonds is 3. The number of fused-ring (bicyclic) bond motifs is 1. The molecule has 0 aliphatic carbocycles. The highest BCUT2D eigenvalue weighted by Gasteiger charge is 2.15. The molecule has 0 aliphatic rings. The molecule has 0 radical (unpaired) electrons. The highest BCUT2D eigenvalue weighted by atomic mass is 16.5. The van der Waals surface area contributed by atoms with Gasteiger partial charge in [0.25, 0.3) is 0 Å². The van der Waals surface area contributed by atoms with Gasteiger partial charge >= 0.3 is 5.97 Å². The molecule has 94 valence electrons. The third kappa shape index (κ3) is 2.49. The Morgan fingerprint density at radius 1 is 1.44 bits per heavy atom. The van der Waals surface area contributed by atoms with Crippen LogP contribution in [0.3, 0.4) is 0 Å². The van der Waals surface area contributed by atoms with Crippen molar-refractivity contribution in [1.29, 1.82) is 0 Å². The molecular weight excluding hydrogens is 228 g/mol. The molecular formula is C14H16N2O2. The van der Waals surface area contributed by atoms with Crippen LogP contribution in [-0.2, 0) is 9.53 Å². The Labute approximate surface area is 106 Å². The van der Waals surface area contributed by atoms with Gasteiger partial charge in [0, 0.05) is 17.1 Å². The van der Waals surface area contributed by atoms with Gasteiger partial charge in [-0.3, -0.25) is 9.78 Å². The van der Waals surface area contributed by atoms with Crippen molar-refractivity contribution in [3.05, 3.63) is 41.6 Å². The summed E-state index contributed by atoms with van der Waals surface area (Å²) in [5.41, 5.74) is 8.80. The van der Waals surface area contributed by atoms with Crippen LogP contribution in [0.1, 0.15) is 23.7 Å². The third-order valence-corrected chi connectivity index (χ3v) is 2.89. The number of nitrogens with two attached hydrogens (primary N) is 1. The van der Waals surface area contributed by atoms with E-state index >= 15 is 0 Å². The summed E-state index contributed by atoms with van der Waals surface area (Å²) in [5.74, 6) is -0.305. The Hall–Kier alpha value is -1.94. The Morgan fingerprint density at radius 3 is 2.89 bits per heavy atom. The topological polar surface area (TPSA) is 65.2 Å². The fourth-order valence-electron chi connectivity index (χ4n) is 2.02. The van der Waals surface area contributed by atoms with E-state index in [9.17, 15) is 4.79 Å². The summed E-state index contributed by atoms with van der Waals surface area (Å²) >= 11 is 0. The summed E-state index contributed by atoms with van der Waals surface area (Å²) < 4.78 is 4.65. The summed E-state index contributed by atoms with van der Waals surface area (Å²) in [6.07, 6.45) is 0.171. The van der Waals surface area contributed by atoms with Gasteiger partial charge in [-0.25, -0.2) is 0 Å². The second-order valence-corrected chi connectivity index (χ2v) is 4.26. The van der Waals surface area contributed by atoms with Crippen LogP contribution in [-0.4, -0.2) is 18.1 Å². The molecule has 1 aromatic carbocycles. The minimum Gasteiger partial charge on any atom is -0.469 e. The number of carbonyl (C=O) groups is 1. The number of para-hydroxylation sites is 1. The number of ether oxygens (including phenoxy) is 1. The fraction of sp³-hybridized carbons (Fsp3) is 0.286. The number of benzene rings is 1. The summed E-state index contributed by atoms with van der Waals surface area (Å²) in [5, 5.41) is 0.986. The van der Waals surface area contributed by atoms with E-state index in [4.69, 9.17) is 5.73 Å². The number of esters is 1. The number of hydrogen-bond donors (Lipinski definition) is 1. The maximum atomic E-state index is 11.3. The van der Waals surface area contributed by atoms with Crippen LogP contribution in [0.4, 0.5) is 0 Å². The molecule has 0 aliphatic heterocycles. The molecule has 4 nitrogen and oxygen atoms in total. The van der Waals surface area contributed by atoms with Crippen LogP contribution >= 0.6 is 0 Å². The molecule has 0 saturated carbocycles. The van der Waals surface area contributed by atoms with E-state index < -0.39 is 0 Å². The SMILES string of the molecule is COC(=O)CC(N)c1cc(C)nc2ccccc12. The molecule has 1 heterocycles. The molecule has 4 heteroatoms. The second-order valence-electron chi connectivity index (χ2n) is 4.26. The molecule has 2 aromatic rings. The second kappa shape index (κ2) is 5.14. The molecule has 18 heavy (non-hydrogen) atoms. The van der Waals surface area contributed by atoms with Crippen molar-refractivity contribution in [2.45, 2.75) is 19.4 Å². The van der Waals surface area contributed by atoms with E-state index in [1.54, 1.807) is 0 Å². The van der Waals surface area contributed by atoms with Gasteiger partial charge in [-0.2, -0.15) is 0 Å². The normalized spacial score (nSPS) is 12.4. The van der Waals surface area contributed by atoms with E-state index in [1.165, 1.54) is 7.11 Å². The highest BCUT2D eigenvalue weighted by molar-refractivity contribution is 5.83. The molecule has 2 rings (SSSR count). The van der Waals surface area contributed by atoms with Crippen molar-refractivity contribution >= 4 is 16.9 Å². The molecule has 0 amide bonds. The lowest BCUT2D eigenvalue weighted by molar-refractivity contribution is -0.141. The fourth-order valence-corrected chi connectivity index (χ4v) is 2.02. The average Bonchev–Trinajstić information content (AvgIpc) is 2.37. The molecule has 2 N–H and O–H groups in total. The monoisotopic (exact) mass is 244 g/mol. The van der Waals surface area contributed by atoms with Crippen LogP contribution in [0, 0.1) is 6.92 Å². The number of aromatic nitrogens is 1. The standard InChI is InChI=1S/C14H16N2O2/c1-9-7-11(12(15)8-14(17)18-2)10-5-3-4-6-13(10)16-9/h3-7,12H,8,15H2,1-2H3. The Bertz CT molecular complexity index is 581. The first-order valence-corrected chi connectivity index (χ1v) is 5.80. The number of hydrogen-bond acceptors (Lipinski definition) is 4. The lowest BCUT2D eigenvalue weighted by Crippen LogP contribution is -2.17. The van der Waals surface area contributed by atoms with Crippen LogP contribution in [0.25, 0.3) is 10.9 Å². The summed E-state index contributed by atoms with van der Waals surface area (Å²) in [4.78, 5) is 15.7. The zero-order valence-electron chi connectivity index (χ0n) is 10.5. The van der Waals surface area contributed by atoms with Gasteiger partial charge in [0.05, 0.1) is 19.0 Å². The third-order valence-electron chi connectivity index (χ3n) is 2.89. The van der Waals surface area contributed by atoms with Gasteiger partial charge in [-0.15, -0.1) is 0 Å². The first-order chi connectivity index (χ1) is 8.61. The average molecular weight is 244 g/mol. The van der Waals surface area contributed by atoms with Gasteiger partial charge in [0.1, 0.15) is 0 Å². The molecule has 0 fully saturated rings. The maximum absolute atomic E-state index is 11.3. The quantitative estimate of drug-likeness (QED) is 0.840. The van der Waals surface area contributed by atoms with Crippen molar-refractivity contribution in [2.75, 3.05) is 7.11 Å². The summed E-state index contributed by atoms with van der Waals surface area (Å²) in [6, 6.07) is 9.34. The Balaban J connectivity index is 2.46. The van der Waals surface area contributed by atoms with Crippen molar-refractivity contribution in [3.8, 4) is 0 Å². The zero-order valence-corrected chi connectivity index (χ0v) is 10.5. The lowest BCUT2D eigenvalue weighted by atomic mass is 9.99. The van der Waals surface area contributed by atoms with E-state index in [-0.39, 0.29) is 18.4 Å². The van der Waals surface area contributed by atoms with Crippen molar-refractivity contribution in [2.24, 2.45) is 5.73 Å². The molecule has 1 unspecified atom stereocenters. The van der Waals surface area contributed by atoms with Gasteiger partial charge in [0.2, 0.25) is 0 Å². The molecule has 1 atom stereocenters. The van der Waals surface area contributed by atoms with Crippen LogP contribution in [0.2, 0.25) is 0 Å². The van der Waals surface area contributed by atoms with Gasteiger partial charge in [-0.1, -0.05) is 18.2 Å². The summed E-state index contributed by atoms with van der Waals surface area (Å²) in [6.45, 7) is 1.92. The van der Waals surface area contributed by atoms with E-state index in [1.807, 2.05) is 37.3 Å².